The van der Waals surface area contributed by atoms with E-state index in [9.17, 15) is 9.59 Å². The topological polar surface area (TPSA) is 71.3 Å². The van der Waals surface area contributed by atoms with E-state index in [4.69, 9.17) is 5.11 Å². The summed E-state index contributed by atoms with van der Waals surface area (Å²) in [5.74, 6) is -1.13. The quantitative estimate of drug-likeness (QED) is 0.810. The van der Waals surface area contributed by atoms with Crippen LogP contribution in [0.1, 0.15) is 43.6 Å². The number of rotatable bonds is 6. The molecule has 1 heterocycles. The predicted octanol–water partition coefficient (Wildman–Crippen LogP) is 1.79. The average Bonchev–Trinajstić information content (AvgIpc) is 2.74. The Morgan fingerprint density at radius 1 is 1.39 bits per heavy atom. The molecule has 1 rings (SSSR count). The Labute approximate surface area is 107 Å². The molecule has 0 saturated heterocycles. The highest BCUT2D eigenvalue weighted by Gasteiger charge is 2.31. The van der Waals surface area contributed by atoms with Crippen LogP contribution in [0, 0.1) is 0 Å². The van der Waals surface area contributed by atoms with Gasteiger partial charge in [0.25, 0.3) is 5.91 Å². The van der Waals surface area contributed by atoms with Gasteiger partial charge in [0.15, 0.2) is 0 Å². The van der Waals surface area contributed by atoms with Gasteiger partial charge in [-0.2, -0.15) is 0 Å². The highest BCUT2D eigenvalue weighted by Crippen LogP contribution is 2.20. The van der Waals surface area contributed by atoms with Crippen LogP contribution >= 0.6 is 0 Å². The lowest BCUT2D eigenvalue weighted by Gasteiger charge is -2.31. The summed E-state index contributed by atoms with van der Waals surface area (Å²) in [6, 6.07) is 3.50. The SMILES string of the molecule is CCC(CC)(CC(=O)O)NC(=O)c1cccn1C. The van der Waals surface area contributed by atoms with Gasteiger partial charge in [-0.15, -0.1) is 0 Å². The third-order valence-corrected chi connectivity index (χ3v) is 3.40. The molecule has 0 aromatic carbocycles. The summed E-state index contributed by atoms with van der Waals surface area (Å²) in [6.07, 6.45) is 2.90. The van der Waals surface area contributed by atoms with Crippen molar-refractivity contribution >= 4 is 11.9 Å². The van der Waals surface area contributed by atoms with Crippen molar-refractivity contribution in [3.63, 3.8) is 0 Å². The molecule has 0 saturated carbocycles. The molecule has 0 bridgehead atoms. The molecule has 0 aliphatic heterocycles. The van der Waals surface area contributed by atoms with Crippen molar-refractivity contribution < 1.29 is 14.7 Å². The van der Waals surface area contributed by atoms with Gasteiger partial charge in [-0.05, 0) is 25.0 Å². The number of carbonyl (C=O) groups excluding carboxylic acids is 1. The van der Waals surface area contributed by atoms with Crippen LogP contribution in [0.3, 0.4) is 0 Å². The van der Waals surface area contributed by atoms with Gasteiger partial charge in [0.1, 0.15) is 5.69 Å². The molecular weight excluding hydrogens is 232 g/mol. The maximum atomic E-state index is 12.1. The van der Waals surface area contributed by atoms with E-state index in [2.05, 4.69) is 5.32 Å². The molecule has 18 heavy (non-hydrogen) atoms. The van der Waals surface area contributed by atoms with Gasteiger partial charge < -0.3 is 15.0 Å². The van der Waals surface area contributed by atoms with Crippen LogP contribution in [-0.2, 0) is 11.8 Å². The number of aryl methyl sites for hydroxylation is 1. The maximum absolute atomic E-state index is 12.1. The Morgan fingerprint density at radius 3 is 2.39 bits per heavy atom. The Balaban J connectivity index is 2.87. The summed E-state index contributed by atoms with van der Waals surface area (Å²) < 4.78 is 1.71. The van der Waals surface area contributed by atoms with Crippen molar-refractivity contribution in [3.05, 3.63) is 24.0 Å². The second kappa shape index (κ2) is 5.71. The Kier molecular flexibility index (Phi) is 4.53. The van der Waals surface area contributed by atoms with Crippen molar-refractivity contribution in [1.29, 1.82) is 0 Å². The first-order valence-corrected chi connectivity index (χ1v) is 6.09. The van der Waals surface area contributed by atoms with Gasteiger partial charge in [-0.1, -0.05) is 13.8 Å². The van der Waals surface area contributed by atoms with Gasteiger partial charge in [-0.3, -0.25) is 9.59 Å². The number of nitrogens with one attached hydrogen (secondary N) is 1. The molecule has 5 nitrogen and oxygen atoms in total. The minimum atomic E-state index is -0.897. The van der Waals surface area contributed by atoms with Crippen LogP contribution in [0.15, 0.2) is 18.3 Å². The molecule has 0 radical (unpaired) electrons. The summed E-state index contributed by atoms with van der Waals surface area (Å²) >= 11 is 0. The predicted molar refractivity (Wildman–Crippen MR) is 68.4 cm³/mol. The zero-order valence-corrected chi connectivity index (χ0v) is 11.1. The fourth-order valence-electron chi connectivity index (χ4n) is 2.01. The molecule has 0 atom stereocenters. The van der Waals surface area contributed by atoms with Gasteiger partial charge in [0.2, 0.25) is 0 Å². The van der Waals surface area contributed by atoms with Crippen LogP contribution in [-0.4, -0.2) is 27.1 Å². The number of amides is 1. The largest absolute Gasteiger partial charge is 0.481 e. The van der Waals surface area contributed by atoms with E-state index in [-0.39, 0.29) is 12.3 Å². The first-order valence-electron chi connectivity index (χ1n) is 6.09. The van der Waals surface area contributed by atoms with E-state index in [1.165, 1.54) is 0 Å². The van der Waals surface area contributed by atoms with Crippen molar-refractivity contribution in [3.8, 4) is 0 Å². The normalized spacial score (nSPS) is 11.3. The smallest absolute Gasteiger partial charge is 0.305 e. The highest BCUT2D eigenvalue weighted by molar-refractivity contribution is 5.93. The van der Waals surface area contributed by atoms with Crippen LogP contribution < -0.4 is 5.32 Å². The summed E-state index contributed by atoms with van der Waals surface area (Å²) in [4.78, 5) is 23.0. The Morgan fingerprint density at radius 2 is 2.00 bits per heavy atom. The number of carbonyl (C=O) groups is 2. The molecular formula is C13H20N2O3. The van der Waals surface area contributed by atoms with Crippen molar-refractivity contribution in [2.45, 2.75) is 38.6 Å². The van der Waals surface area contributed by atoms with E-state index in [0.29, 0.717) is 18.5 Å². The number of hydrogen-bond acceptors (Lipinski definition) is 2. The summed E-state index contributed by atoms with van der Waals surface area (Å²) in [6.45, 7) is 3.77. The van der Waals surface area contributed by atoms with Crippen molar-refractivity contribution in [2.75, 3.05) is 0 Å². The van der Waals surface area contributed by atoms with Crippen LogP contribution in [0.2, 0.25) is 0 Å². The van der Waals surface area contributed by atoms with E-state index in [1.54, 1.807) is 29.9 Å². The van der Waals surface area contributed by atoms with Crippen LogP contribution in [0.4, 0.5) is 0 Å². The molecule has 0 aliphatic carbocycles. The lowest BCUT2D eigenvalue weighted by atomic mass is 9.89. The molecule has 100 valence electrons. The van der Waals surface area contributed by atoms with E-state index >= 15 is 0 Å². The highest BCUT2D eigenvalue weighted by atomic mass is 16.4. The molecule has 2 N–H and O–H groups in total. The van der Waals surface area contributed by atoms with Gasteiger partial charge in [0, 0.05) is 13.2 Å². The van der Waals surface area contributed by atoms with E-state index in [0.717, 1.165) is 0 Å². The Hall–Kier alpha value is -1.78. The van der Waals surface area contributed by atoms with Gasteiger partial charge in [0.05, 0.1) is 12.0 Å². The maximum Gasteiger partial charge on any atom is 0.305 e. The average molecular weight is 252 g/mol. The number of aliphatic carboxylic acids is 1. The summed E-state index contributed by atoms with van der Waals surface area (Å²) in [5.41, 5.74) is -0.139. The number of aromatic nitrogens is 1. The molecule has 1 amide bonds. The number of hydrogen-bond donors (Lipinski definition) is 2. The van der Waals surface area contributed by atoms with Crippen LogP contribution in [0.5, 0.6) is 0 Å². The third-order valence-electron chi connectivity index (χ3n) is 3.40. The molecule has 0 spiro atoms. The summed E-state index contributed by atoms with van der Waals surface area (Å²) in [5, 5.41) is 11.8. The van der Waals surface area contributed by atoms with Crippen molar-refractivity contribution in [1.82, 2.24) is 9.88 Å². The molecule has 1 aromatic rings. The second-order valence-corrected chi connectivity index (χ2v) is 4.52. The fraction of sp³-hybridized carbons (Fsp3) is 0.538. The van der Waals surface area contributed by atoms with Crippen LogP contribution in [0.25, 0.3) is 0 Å². The Bertz CT molecular complexity index is 433. The monoisotopic (exact) mass is 252 g/mol. The van der Waals surface area contributed by atoms with Gasteiger partial charge in [-0.25, -0.2) is 0 Å². The molecule has 0 aliphatic rings. The molecule has 5 heteroatoms. The lowest BCUT2D eigenvalue weighted by molar-refractivity contribution is -0.138. The summed E-state index contributed by atoms with van der Waals surface area (Å²) in [7, 11) is 1.78. The molecule has 1 aromatic heterocycles. The minimum absolute atomic E-state index is 0.0594. The van der Waals surface area contributed by atoms with Crippen molar-refractivity contribution in [2.24, 2.45) is 7.05 Å². The zero-order chi connectivity index (χ0) is 13.8. The second-order valence-electron chi connectivity index (χ2n) is 4.52. The third kappa shape index (κ3) is 3.12. The first kappa shape index (κ1) is 14.3. The van der Waals surface area contributed by atoms with E-state index in [1.807, 2.05) is 13.8 Å². The zero-order valence-electron chi connectivity index (χ0n) is 11.1. The fourth-order valence-corrected chi connectivity index (χ4v) is 2.01. The molecule has 0 unspecified atom stereocenters. The minimum Gasteiger partial charge on any atom is -0.481 e. The lowest BCUT2D eigenvalue weighted by Crippen LogP contribution is -2.49. The number of nitrogens with zero attached hydrogens (tertiary/aromatic N) is 1. The number of carboxylic acid groups (broad SMARTS) is 1. The first-order chi connectivity index (χ1) is 8.44. The standard InChI is InChI=1S/C13H20N2O3/c1-4-13(5-2,9-11(16)17)14-12(18)10-7-6-8-15(10)3/h6-8H,4-5,9H2,1-3H3,(H,14,18)(H,16,17). The molecule has 0 fully saturated rings. The number of carboxylic acids is 1. The van der Waals surface area contributed by atoms with E-state index < -0.39 is 11.5 Å². The van der Waals surface area contributed by atoms with Gasteiger partial charge >= 0.3 is 5.97 Å².